The normalized spacial score (nSPS) is 10.7. The van der Waals surface area contributed by atoms with Crippen molar-refractivity contribution in [3.05, 3.63) is 48.8 Å². The van der Waals surface area contributed by atoms with Crippen LogP contribution < -0.4 is 10.3 Å². The smallest absolute Gasteiger partial charge is 0.311 e. The van der Waals surface area contributed by atoms with Crippen molar-refractivity contribution in [3.63, 3.8) is 0 Å². The summed E-state index contributed by atoms with van der Waals surface area (Å²) >= 11 is 19.1. The minimum atomic E-state index is -0.561. The molecule has 0 unspecified atom stereocenters. The Kier molecular flexibility index (Phi) is 6.57. The number of benzene rings is 1. The van der Waals surface area contributed by atoms with Crippen molar-refractivity contribution in [2.45, 2.75) is 24.9 Å². The molecule has 128 valence electrons. The second-order valence-electron chi connectivity index (χ2n) is 4.81. The minimum absolute atomic E-state index is 0.0144. The van der Waals surface area contributed by atoms with Crippen molar-refractivity contribution in [1.82, 2.24) is 9.97 Å². The molecule has 5 nitrogen and oxygen atoms in total. The van der Waals surface area contributed by atoms with E-state index in [9.17, 15) is 9.59 Å². The predicted molar refractivity (Wildman–Crippen MR) is 96.8 cm³/mol. The van der Waals surface area contributed by atoms with E-state index in [2.05, 4.69) is 9.97 Å². The molecule has 1 aromatic heterocycles. The number of carbonyl (C=O) groups excluding carboxylic acids is 1. The van der Waals surface area contributed by atoms with Gasteiger partial charge >= 0.3 is 5.97 Å². The zero-order valence-corrected chi connectivity index (χ0v) is 15.9. The molecule has 1 N–H and O–H groups in total. The fourth-order valence-electron chi connectivity index (χ4n) is 1.99. The van der Waals surface area contributed by atoms with Gasteiger partial charge in [0.15, 0.2) is 10.9 Å². The highest BCUT2D eigenvalue weighted by Gasteiger charge is 2.16. The van der Waals surface area contributed by atoms with Crippen LogP contribution in [-0.2, 0) is 11.2 Å². The van der Waals surface area contributed by atoms with Gasteiger partial charge < -0.3 is 9.72 Å². The zero-order valence-electron chi connectivity index (χ0n) is 12.8. The number of nitrogens with one attached hydrogen (secondary N) is 1. The van der Waals surface area contributed by atoms with E-state index in [1.54, 1.807) is 6.92 Å². The second kappa shape index (κ2) is 8.25. The number of esters is 1. The van der Waals surface area contributed by atoms with Gasteiger partial charge in [-0.25, -0.2) is 4.98 Å². The third-order valence-electron chi connectivity index (χ3n) is 3.15. The van der Waals surface area contributed by atoms with E-state index in [0.717, 1.165) is 0 Å². The monoisotopic (exact) mass is 406 g/mol. The number of hydrogen-bond donors (Lipinski definition) is 1. The van der Waals surface area contributed by atoms with E-state index in [4.69, 9.17) is 39.5 Å². The Morgan fingerprint density at radius 1 is 1.29 bits per heavy atom. The number of ether oxygens (including phenoxy) is 1. The quantitative estimate of drug-likeness (QED) is 0.346. The van der Waals surface area contributed by atoms with Gasteiger partial charge in [0, 0.05) is 16.3 Å². The lowest BCUT2D eigenvalue weighted by Crippen LogP contribution is -2.19. The van der Waals surface area contributed by atoms with Gasteiger partial charge in [-0.2, -0.15) is 0 Å². The average Bonchev–Trinajstić information content (AvgIpc) is 2.49. The molecule has 2 rings (SSSR count). The lowest BCUT2D eigenvalue weighted by Gasteiger charge is -2.09. The van der Waals surface area contributed by atoms with Gasteiger partial charge in [-0.05, 0) is 31.7 Å². The van der Waals surface area contributed by atoms with E-state index in [1.165, 1.54) is 23.9 Å². The van der Waals surface area contributed by atoms with Gasteiger partial charge in [-0.15, -0.1) is 0 Å². The summed E-state index contributed by atoms with van der Waals surface area (Å²) in [5, 5.41) is 1.15. The van der Waals surface area contributed by atoms with Crippen molar-refractivity contribution in [2.24, 2.45) is 0 Å². The molecular formula is C15H13Cl3N2O3S. The summed E-state index contributed by atoms with van der Waals surface area (Å²) in [6, 6.07) is 2.86. The van der Waals surface area contributed by atoms with Crippen LogP contribution in [0.25, 0.3) is 0 Å². The first-order valence-electron chi connectivity index (χ1n) is 6.80. The lowest BCUT2D eigenvalue weighted by molar-refractivity contribution is -0.134. The van der Waals surface area contributed by atoms with E-state index in [0.29, 0.717) is 21.4 Å². The molecular weight excluding hydrogens is 395 g/mol. The van der Waals surface area contributed by atoms with Crippen LogP contribution in [0, 0.1) is 6.92 Å². The average molecular weight is 408 g/mol. The van der Waals surface area contributed by atoms with Crippen LogP contribution >= 0.6 is 46.6 Å². The molecule has 0 amide bonds. The number of hydrogen-bond acceptors (Lipinski definition) is 5. The van der Waals surface area contributed by atoms with Crippen molar-refractivity contribution in [3.8, 4) is 5.75 Å². The number of carbonyl (C=O) groups is 1. The number of H-pyrrole nitrogens is 1. The Hall–Kier alpha value is -1.21. The molecule has 0 fully saturated rings. The molecule has 0 saturated heterocycles. The molecule has 0 radical (unpaired) electrons. The fraction of sp³-hybridized carbons (Fsp3) is 0.267. The Morgan fingerprint density at radius 2 is 1.92 bits per heavy atom. The highest BCUT2D eigenvalue weighted by molar-refractivity contribution is 7.98. The molecule has 0 atom stereocenters. The van der Waals surface area contributed by atoms with Gasteiger partial charge in [0.2, 0.25) is 0 Å². The summed E-state index contributed by atoms with van der Waals surface area (Å²) in [4.78, 5) is 30.9. The third-order valence-corrected chi connectivity index (χ3v) is 4.51. The van der Waals surface area contributed by atoms with Crippen LogP contribution in [0.2, 0.25) is 15.1 Å². The highest BCUT2D eigenvalue weighted by atomic mass is 35.5. The van der Waals surface area contributed by atoms with Crippen LogP contribution in [-0.4, -0.2) is 22.2 Å². The van der Waals surface area contributed by atoms with Gasteiger partial charge in [-0.3, -0.25) is 9.59 Å². The molecule has 0 bridgehead atoms. The topological polar surface area (TPSA) is 72.0 Å². The maximum atomic E-state index is 12.0. The molecule has 24 heavy (non-hydrogen) atoms. The number of rotatable bonds is 5. The molecule has 1 heterocycles. The van der Waals surface area contributed by atoms with Crippen LogP contribution in [0.15, 0.2) is 22.1 Å². The summed E-state index contributed by atoms with van der Waals surface area (Å²) < 4.78 is 5.18. The number of aromatic nitrogens is 2. The SMILES string of the molecule is CSc1nc(C)c(CCC(=O)Oc2c(Cl)cc(Cl)cc2Cl)c(=O)[nH]1. The van der Waals surface area contributed by atoms with Gasteiger partial charge in [0.1, 0.15) is 0 Å². The molecule has 1 aromatic carbocycles. The van der Waals surface area contributed by atoms with Crippen molar-refractivity contribution in [2.75, 3.05) is 6.26 Å². The molecule has 0 aliphatic carbocycles. The first-order chi connectivity index (χ1) is 11.3. The summed E-state index contributed by atoms with van der Waals surface area (Å²) in [6.45, 7) is 1.72. The van der Waals surface area contributed by atoms with Gasteiger partial charge in [-0.1, -0.05) is 46.6 Å². The summed E-state index contributed by atoms with van der Waals surface area (Å²) in [6.07, 6.45) is 2.00. The van der Waals surface area contributed by atoms with Crippen LogP contribution in [0.1, 0.15) is 17.7 Å². The van der Waals surface area contributed by atoms with E-state index < -0.39 is 5.97 Å². The maximum absolute atomic E-state index is 12.0. The van der Waals surface area contributed by atoms with E-state index >= 15 is 0 Å². The molecule has 9 heteroatoms. The Morgan fingerprint density at radius 3 is 2.46 bits per heavy atom. The molecule has 2 aromatic rings. The van der Waals surface area contributed by atoms with Crippen molar-refractivity contribution in [1.29, 1.82) is 0 Å². The number of halogens is 3. The number of aromatic amines is 1. The largest absolute Gasteiger partial charge is 0.423 e. The minimum Gasteiger partial charge on any atom is -0.423 e. The summed E-state index contributed by atoms with van der Waals surface area (Å²) in [7, 11) is 0. The summed E-state index contributed by atoms with van der Waals surface area (Å²) in [5.74, 6) is -0.511. The Bertz CT molecular complexity index is 816. The molecule has 0 aliphatic rings. The van der Waals surface area contributed by atoms with Gasteiger partial charge in [0.25, 0.3) is 5.56 Å². The van der Waals surface area contributed by atoms with E-state index in [1.807, 2.05) is 6.26 Å². The lowest BCUT2D eigenvalue weighted by atomic mass is 10.1. The first kappa shape index (κ1) is 19.1. The summed E-state index contributed by atoms with van der Waals surface area (Å²) in [5.41, 5.74) is 0.763. The Balaban J connectivity index is 2.09. The fourth-order valence-corrected chi connectivity index (χ4v) is 3.31. The van der Waals surface area contributed by atoms with Crippen LogP contribution in [0.5, 0.6) is 5.75 Å². The number of thioether (sulfide) groups is 1. The first-order valence-corrected chi connectivity index (χ1v) is 9.16. The van der Waals surface area contributed by atoms with Crippen molar-refractivity contribution >= 4 is 52.5 Å². The molecule has 0 saturated carbocycles. The number of aryl methyl sites for hydroxylation is 1. The maximum Gasteiger partial charge on any atom is 0.311 e. The predicted octanol–water partition coefficient (Wildman–Crippen LogP) is 4.30. The van der Waals surface area contributed by atoms with Crippen LogP contribution in [0.3, 0.4) is 0 Å². The molecule has 0 aliphatic heterocycles. The van der Waals surface area contributed by atoms with E-state index in [-0.39, 0.29) is 34.2 Å². The van der Waals surface area contributed by atoms with Crippen molar-refractivity contribution < 1.29 is 9.53 Å². The van der Waals surface area contributed by atoms with Crippen LogP contribution in [0.4, 0.5) is 0 Å². The number of nitrogens with zero attached hydrogens (tertiary/aromatic N) is 1. The Labute approximate surface area is 157 Å². The third kappa shape index (κ3) is 4.66. The highest BCUT2D eigenvalue weighted by Crippen LogP contribution is 2.36. The second-order valence-corrected chi connectivity index (χ2v) is 6.86. The standard InChI is InChI=1S/C15H13Cl3N2O3S/c1-7-9(14(22)20-15(19-7)24-2)3-4-12(21)23-13-10(17)5-8(16)6-11(13)18/h5-6H,3-4H2,1-2H3,(H,19,20,22). The zero-order chi connectivity index (χ0) is 17.9. The molecule has 0 spiro atoms. The van der Waals surface area contributed by atoms with Gasteiger partial charge in [0.05, 0.1) is 16.5 Å².